The van der Waals surface area contributed by atoms with Crippen LogP contribution >= 0.6 is 15.9 Å². The normalized spacial score (nSPS) is 12.9. The minimum absolute atomic E-state index is 0.158. The fraction of sp³-hybridized carbons (Fsp3) is 0.400. The molecule has 3 nitrogen and oxygen atoms in total. The number of aromatic nitrogens is 2. The Hall–Kier alpha value is -1.13. The van der Waals surface area contributed by atoms with E-state index in [-0.39, 0.29) is 6.04 Å². The van der Waals surface area contributed by atoms with Gasteiger partial charge in [-0.25, -0.2) is 0 Å². The van der Waals surface area contributed by atoms with Crippen molar-refractivity contribution in [1.29, 1.82) is 0 Å². The standard InChI is InChI=1S/C15H20BrN3/c1-4-17-14(12-8-6-5-7-9-12)15-13(16)10-18-19(15)11(2)3/h5-11,14,17H,4H2,1-3H3. The Morgan fingerprint density at radius 1 is 1.26 bits per heavy atom. The van der Waals surface area contributed by atoms with Crippen LogP contribution in [0.2, 0.25) is 0 Å². The molecule has 4 heteroatoms. The monoisotopic (exact) mass is 321 g/mol. The molecule has 0 aliphatic carbocycles. The van der Waals surface area contributed by atoms with Gasteiger partial charge >= 0.3 is 0 Å². The lowest BCUT2D eigenvalue weighted by molar-refractivity contribution is 0.475. The average molecular weight is 322 g/mol. The maximum atomic E-state index is 4.47. The van der Waals surface area contributed by atoms with Crippen LogP contribution in [0.3, 0.4) is 0 Å². The molecule has 1 N–H and O–H groups in total. The van der Waals surface area contributed by atoms with E-state index in [1.807, 2.05) is 12.3 Å². The predicted molar refractivity (Wildman–Crippen MR) is 82.3 cm³/mol. The first-order chi connectivity index (χ1) is 9.15. The first kappa shape index (κ1) is 14.3. The first-order valence-corrected chi connectivity index (χ1v) is 7.45. The highest BCUT2D eigenvalue weighted by Gasteiger charge is 2.22. The summed E-state index contributed by atoms with van der Waals surface area (Å²) in [6, 6.07) is 11.0. The van der Waals surface area contributed by atoms with Crippen molar-refractivity contribution in [2.45, 2.75) is 32.9 Å². The summed E-state index contributed by atoms with van der Waals surface area (Å²) in [6.45, 7) is 7.34. The molecule has 0 bridgehead atoms. The molecule has 19 heavy (non-hydrogen) atoms. The molecule has 2 aromatic rings. The molecule has 1 heterocycles. The Balaban J connectivity index is 2.48. The molecule has 2 rings (SSSR count). The molecule has 1 aromatic heterocycles. The number of nitrogens with zero attached hydrogens (tertiary/aromatic N) is 2. The van der Waals surface area contributed by atoms with Gasteiger partial charge in [-0.15, -0.1) is 0 Å². The molecular formula is C15H20BrN3. The maximum Gasteiger partial charge on any atom is 0.0759 e. The van der Waals surface area contributed by atoms with Crippen LogP contribution in [0.15, 0.2) is 41.0 Å². The van der Waals surface area contributed by atoms with Crippen molar-refractivity contribution in [3.8, 4) is 0 Å². The first-order valence-electron chi connectivity index (χ1n) is 6.66. The van der Waals surface area contributed by atoms with Crippen molar-refractivity contribution >= 4 is 15.9 Å². The summed E-state index contributed by atoms with van der Waals surface area (Å²) in [6.07, 6.45) is 1.88. The molecular weight excluding hydrogens is 302 g/mol. The third-order valence-electron chi connectivity index (χ3n) is 3.09. The largest absolute Gasteiger partial charge is 0.305 e. The third-order valence-corrected chi connectivity index (χ3v) is 3.70. The second-order valence-corrected chi connectivity index (χ2v) is 5.67. The van der Waals surface area contributed by atoms with Crippen molar-refractivity contribution in [2.75, 3.05) is 6.54 Å². The Kier molecular flexibility index (Phi) is 4.77. The van der Waals surface area contributed by atoms with Crippen molar-refractivity contribution in [3.05, 3.63) is 52.3 Å². The van der Waals surface area contributed by atoms with Gasteiger partial charge in [0.15, 0.2) is 0 Å². The van der Waals surface area contributed by atoms with E-state index in [0.717, 1.165) is 11.0 Å². The number of rotatable bonds is 5. The molecule has 0 saturated heterocycles. The maximum absolute atomic E-state index is 4.47. The second kappa shape index (κ2) is 6.35. The van der Waals surface area contributed by atoms with Crippen molar-refractivity contribution in [2.24, 2.45) is 0 Å². The number of hydrogen-bond donors (Lipinski definition) is 1. The van der Waals surface area contributed by atoms with Crippen molar-refractivity contribution in [1.82, 2.24) is 15.1 Å². The van der Waals surface area contributed by atoms with Gasteiger partial charge < -0.3 is 5.32 Å². The van der Waals surface area contributed by atoms with E-state index in [2.05, 4.69) is 76.1 Å². The van der Waals surface area contributed by atoms with Gasteiger partial charge in [-0.3, -0.25) is 4.68 Å². The summed E-state index contributed by atoms with van der Waals surface area (Å²) in [7, 11) is 0. The summed E-state index contributed by atoms with van der Waals surface area (Å²) in [5.74, 6) is 0. The summed E-state index contributed by atoms with van der Waals surface area (Å²) in [4.78, 5) is 0. The molecule has 0 aliphatic rings. The highest BCUT2D eigenvalue weighted by atomic mass is 79.9. The highest BCUT2D eigenvalue weighted by Crippen LogP contribution is 2.30. The number of benzene rings is 1. The van der Waals surface area contributed by atoms with Crippen LogP contribution in [-0.4, -0.2) is 16.3 Å². The van der Waals surface area contributed by atoms with Gasteiger partial charge in [-0.1, -0.05) is 37.3 Å². The number of nitrogens with one attached hydrogen (secondary N) is 1. The molecule has 0 fully saturated rings. The van der Waals surface area contributed by atoms with E-state index in [9.17, 15) is 0 Å². The van der Waals surface area contributed by atoms with Gasteiger partial charge in [-0.2, -0.15) is 5.10 Å². The van der Waals surface area contributed by atoms with Gasteiger partial charge in [0.2, 0.25) is 0 Å². The van der Waals surface area contributed by atoms with Crippen LogP contribution in [0, 0.1) is 0 Å². The molecule has 1 unspecified atom stereocenters. The zero-order chi connectivity index (χ0) is 13.8. The fourth-order valence-electron chi connectivity index (χ4n) is 2.25. The molecule has 0 radical (unpaired) electrons. The van der Waals surface area contributed by atoms with Crippen molar-refractivity contribution in [3.63, 3.8) is 0 Å². The lowest BCUT2D eigenvalue weighted by Gasteiger charge is -2.22. The summed E-state index contributed by atoms with van der Waals surface area (Å²) >= 11 is 3.63. The molecule has 0 amide bonds. The van der Waals surface area contributed by atoms with E-state index in [1.165, 1.54) is 11.3 Å². The fourth-order valence-corrected chi connectivity index (χ4v) is 2.76. The molecule has 1 atom stereocenters. The minimum Gasteiger partial charge on any atom is -0.305 e. The lowest BCUT2D eigenvalue weighted by Crippen LogP contribution is -2.25. The van der Waals surface area contributed by atoms with Crippen LogP contribution in [-0.2, 0) is 0 Å². The zero-order valence-corrected chi connectivity index (χ0v) is 13.2. The van der Waals surface area contributed by atoms with E-state index in [1.54, 1.807) is 0 Å². The van der Waals surface area contributed by atoms with Crippen LogP contribution in [0.5, 0.6) is 0 Å². The van der Waals surface area contributed by atoms with Crippen LogP contribution in [0.4, 0.5) is 0 Å². The molecule has 0 saturated carbocycles. The quantitative estimate of drug-likeness (QED) is 0.904. The molecule has 0 aliphatic heterocycles. The Morgan fingerprint density at radius 3 is 2.53 bits per heavy atom. The average Bonchev–Trinajstić information content (AvgIpc) is 2.79. The summed E-state index contributed by atoms with van der Waals surface area (Å²) < 4.78 is 3.13. The van der Waals surface area contributed by atoms with Crippen molar-refractivity contribution < 1.29 is 0 Å². The van der Waals surface area contributed by atoms with E-state index >= 15 is 0 Å². The van der Waals surface area contributed by atoms with Gasteiger partial charge in [0, 0.05) is 6.04 Å². The van der Waals surface area contributed by atoms with Crippen LogP contribution in [0.25, 0.3) is 0 Å². The number of hydrogen-bond acceptors (Lipinski definition) is 2. The number of halogens is 1. The molecule has 1 aromatic carbocycles. The van der Waals surface area contributed by atoms with Crippen LogP contribution in [0.1, 0.15) is 44.1 Å². The second-order valence-electron chi connectivity index (χ2n) is 4.82. The van der Waals surface area contributed by atoms with E-state index in [0.29, 0.717) is 6.04 Å². The van der Waals surface area contributed by atoms with Gasteiger partial charge in [0.05, 0.1) is 22.4 Å². The molecule has 0 spiro atoms. The Bertz CT molecular complexity index is 519. The Morgan fingerprint density at radius 2 is 1.95 bits per heavy atom. The third kappa shape index (κ3) is 3.07. The predicted octanol–water partition coefficient (Wildman–Crippen LogP) is 3.93. The minimum atomic E-state index is 0.158. The topological polar surface area (TPSA) is 29.9 Å². The van der Waals surface area contributed by atoms with Gasteiger partial charge in [0.1, 0.15) is 0 Å². The smallest absolute Gasteiger partial charge is 0.0759 e. The van der Waals surface area contributed by atoms with Crippen LogP contribution < -0.4 is 5.32 Å². The summed E-state index contributed by atoms with van der Waals surface area (Å²) in [5.41, 5.74) is 2.44. The SMILES string of the molecule is CCNC(c1ccccc1)c1c(Br)cnn1C(C)C. The Labute approximate surface area is 123 Å². The zero-order valence-electron chi connectivity index (χ0n) is 11.6. The van der Waals surface area contributed by atoms with E-state index in [4.69, 9.17) is 0 Å². The highest BCUT2D eigenvalue weighted by molar-refractivity contribution is 9.10. The van der Waals surface area contributed by atoms with Gasteiger partial charge in [0.25, 0.3) is 0 Å². The van der Waals surface area contributed by atoms with Gasteiger partial charge in [-0.05, 0) is 41.9 Å². The molecule has 102 valence electrons. The lowest BCUT2D eigenvalue weighted by atomic mass is 10.0. The summed E-state index contributed by atoms with van der Waals surface area (Å²) in [5, 5.41) is 8.02. The van der Waals surface area contributed by atoms with E-state index < -0.39 is 0 Å².